The minimum atomic E-state index is -4.25. The molecule has 3 aromatic rings. The van der Waals surface area contributed by atoms with Crippen molar-refractivity contribution in [2.45, 2.75) is 90.4 Å². The van der Waals surface area contributed by atoms with Crippen LogP contribution >= 0.6 is 0 Å². The standard InChI is InChI=1S/C31H42FN3O4S/c1-5-6-7-11-18-34(19-12-9-8-10-13-26-20-23(2)14-17-30(26)40(37,38)39)29-16-15-27(22-28(29)32)35-25(4)33-24(3)21-31(35)36/h14-17,20-22H,5-13,18-19H2,1-4H3,(H,37,38,39). The summed E-state index contributed by atoms with van der Waals surface area (Å²) >= 11 is 0. The van der Waals surface area contributed by atoms with Crippen LogP contribution in [0.5, 0.6) is 0 Å². The molecule has 0 aliphatic rings. The molecule has 1 aromatic heterocycles. The van der Waals surface area contributed by atoms with Crippen molar-refractivity contribution in [3.05, 3.63) is 81.3 Å². The Morgan fingerprint density at radius 1 is 0.900 bits per heavy atom. The molecule has 0 atom stereocenters. The van der Waals surface area contributed by atoms with Crippen LogP contribution in [0.1, 0.15) is 80.9 Å². The van der Waals surface area contributed by atoms with Gasteiger partial charge in [-0.25, -0.2) is 9.37 Å². The lowest BCUT2D eigenvalue weighted by Crippen LogP contribution is -2.27. The molecule has 40 heavy (non-hydrogen) atoms. The first kappa shape index (κ1) is 31.5. The summed E-state index contributed by atoms with van der Waals surface area (Å²) in [6.07, 6.45) is 8.38. The predicted molar refractivity (Wildman–Crippen MR) is 159 cm³/mol. The highest BCUT2D eigenvalue weighted by atomic mass is 32.2. The first-order valence-corrected chi connectivity index (χ1v) is 15.6. The van der Waals surface area contributed by atoms with E-state index in [1.54, 1.807) is 32.0 Å². The first-order valence-electron chi connectivity index (χ1n) is 14.2. The molecule has 0 amide bonds. The molecule has 0 fully saturated rings. The van der Waals surface area contributed by atoms with E-state index in [0.717, 1.165) is 63.5 Å². The monoisotopic (exact) mass is 571 g/mol. The number of aromatic nitrogens is 2. The van der Waals surface area contributed by atoms with Crippen LogP contribution in [0.15, 0.2) is 52.2 Å². The van der Waals surface area contributed by atoms with Gasteiger partial charge in [0.1, 0.15) is 11.6 Å². The van der Waals surface area contributed by atoms with E-state index in [0.29, 0.717) is 41.4 Å². The summed E-state index contributed by atoms with van der Waals surface area (Å²) in [5.74, 6) is 0.153. The number of rotatable bonds is 15. The molecule has 0 aliphatic heterocycles. The zero-order valence-electron chi connectivity index (χ0n) is 24.1. The van der Waals surface area contributed by atoms with Crippen molar-refractivity contribution in [1.29, 1.82) is 0 Å². The number of anilines is 1. The fourth-order valence-electron chi connectivity index (χ4n) is 5.15. The molecule has 0 bridgehead atoms. The summed E-state index contributed by atoms with van der Waals surface area (Å²) in [5, 5.41) is 0. The summed E-state index contributed by atoms with van der Waals surface area (Å²) in [6, 6.07) is 11.3. The highest BCUT2D eigenvalue weighted by Gasteiger charge is 2.16. The van der Waals surface area contributed by atoms with Crippen molar-refractivity contribution in [3.63, 3.8) is 0 Å². The largest absolute Gasteiger partial charge is 0.369 e. The van der Waals surface area contributed by atoms with E-state index in [2.05, 4.69) is 16.8 Å². The molecule has 2 aromatic carbocycles. The molecule has 3 rings (SSSR count). The van der Waals surface area contributed by atoms with Crippen LogP contribution in [0.25, 0.3) is 5.69 Å². The predicted octanol–water partition coefficient (Wildman–Crippen LogP) is 6.73. The van der Waals surface area contributed by atoms with Crippen molar-refractivity contribution < 1.29 is 17.4 Å². The molecule has 0 aliphatic carbocycles. The van der Waals surface area contributed by atoms with Crippen LogP contribution in [0.2, 0.25) is 0 Å². The highest BCUT2D eigenvalue weighted by Crippen LogP contribution is 2.25. The number of hydrogen-bond acceptors (Lipinski definition) is 5. The smallest absolute Gasteiger partial charge is 0.294 e. The van der Waals surface area contributed by atoms with E-state index in [1.807, 2.05) is 13.0 Å². The normalized spacial score (nSPS) is 11.7. The minimum absolute atomic E-state index is 0.0193. The van der Waals surface area contributed by atoms with Crippen molar-refractivity contribution in [3.8, 4) is 5.69 Å². The summed E-state index contributed by atoms with van der Waals surface area (Å²) in [7, 11) is -4.25. The number of aryl methyl sites for hydroxylation is 4. The van der Waals surface area contributed by atoms with Gasteiger partial charge in [0, 0.05) is 30.9 Å². The van der Waals surface area contributed by atoms with E-state index >= 15 is 4.39 Å². The number of hydrogen-bond donors (Lipinski definition) is 1. The van der Waals surface area contributed by atoms with Crippen molar-refractivity contribution in [2.75, 3.05) is 18.0 Å². The highest BCUT2D eigenvalue weighted by molar-refractivity contribution is 7.85. The second kappa shape index (κ2) is 14.6. The van der Waals surface area contributed by atoms with Crippen molar-refractivity contribution >= 4 is 15.8 Å². The third kappa shape index (κ3) is 8.73. The third-order valence-corrected chi connectivity index (χ3v) is 8.10. The molecule has 0 saturated carbocycles. The van der Waals surface area contributed by atoms with Gasteiger partial charge >= 0.3 is 0 Å². The lowest BCUT2D eigenvalue weighted by molar-refractivity contribution is 0.481. The third-order valence-electron chi connectivity index (χ3n) is 7.14. The van der Waals surface area contributed by atoms with Gasteiger partial charge < -0.3 is 4.90 Å². The zero-order valence-corrected chi connectivity index (χ0v) is 24.9. The maximum absolute atomic E-state index is 15.4. The Balaban J connectivity index is 1.65. The van der Waals surface area contributed by atoms with E-state index in [1.165, 1.54) is 22.8 Å². The van der Waals surface area contributed by atoms with Crippen LogP contribution in [0.4, 0.5) is 10.1 Å². The lowest BCUT2D eigenvalue weighted by atomic mass is 10.0. The second-order valence-electron chi connectivity index (χ2n) is 10.6. The van der Waals surface area contributed by atoms with Gasteiger partial charge in [-0.2, -0.15) is 8.42 Å². The Morgan fingerprint density at radius 2 is 1.57 bits per heavy atom. The molecule has 1 N–H and O–H groups in total. The topological polar surface area (TPSA) is 92.5 Å². The maximum atomic E-state index is 15.4. The molecule has 1 heterocycles. The van der Waals surface area contributed by atoms with Gasteiger partial charge in [0.2, 0.25) is 0 Å². The Labute approximate surface area is 237 Å². The molecule has 9 heteroatoms. The average Bonchev–Trinajstić information content (AvgIpc) is 2.86. The van der Waals surface area contributed by atoms with E-state index < -0.39 is 10.1 Å². The quantitative estimate of drug-likeness (QED) is 0.161. The molecule has 0 unspecified atom stereocenters. The van der Waals surface area contributed by atoms with E-state index in [4.69, 9.17) is 0 Å². The fourth-order valence-corrected chi connectivity index (χ4v) is 5.89. The summed E-state index contributed by atoms with van der Waals surface area (Å²) in [5.41, 5.74) is 2.98. The van der Waals surface area contributed by atoms with Crippen LogP contribution in [-0.4, -0.2) is 35.6 Å². The SMILES string of the molecule is CCCCCCN(CCCCCCc1cc(C)ccc1S(=O)(=O)O)c1ccc(-n2c(C)nc(C)cc2=O)cc1F. The van der Waals surface area contributed by atoms with Gasteiger partial charge in [-0.1, -0.05) is 56.7 Å². The van der Waals surface area contributed by atoms with Crippen LogP contribution in [-0.2, 0) is 16.5 Å². The van der Waals surface area contributed by atoms with Crippen LogP contribution in [0, 0.1) is 26.6 Å². The van der Waals surface area contributed by atoms with E-state index in [9.17, 15) is 17.8 Å². The van der Waals surface area contributed by atoms with Gasteiger partial charge in [-0.15, -0.1) is 0 Å². The summed E-state index contributed by atoms with van der Waals surface area (Å²) < 4.78 is 49.8. The summed E-state index contributed by atoms with van der Waals surface area (Å²) in [4.78, 5) is 19.0. The first-order chi connectivity index (χ1) is 19.0. The molecule has 218 valence electrons. The number of nitrogens with zero attached hydrogens (tertiary/aromatic N) is 3. The van der Waals surface area contributed by atoms with E-state index in [-0.39, 0.29) is 16.3 Å². The van der Waals surface area contributed by atoms with Gasteiger partial charge in [-0.3, -0.25) is 13.9 Å². The zero-order chi connectivity index (χ0) is 29.3. The van der Waals surface area contributed by atoms with Crippen LogP contribution in [0.3, 0.4) is 0 Å². The van der Waals surface area contributed by atoms with Gasteiger partial charge in [0.05, 0.1) is 16.3 Å². The number of benzene rings is 2. The Morgan fingerprint density at radius 3 is 2.20 bits per heavy atom. The maximum Gasteiger partial charge on any atom is 0.294 e. The minimum Gasteiger partial charge on any atom is -0.369 e. The summed E-state index contributed by atoms with van der Waals surface area (Å²) in [6.45, 7) is 9.02. The van der Waals surface area contributed by atoms with Crippen molar-refractivity contribution in [2.24, 2.45) is 0 Å². The molecular weight excluding hydrogens is 529 g/mol. The van der Waals surface area contributed by atoms with Gasteiger partial charge in [-0.05, 0) is 70.2 Å². The van der Waals surface area contributed by atoms with Gasteiger partial charge in [0.25, 0.3) is 15.7 Å². The average molecular weight is 572 g/mol. The molecule has 0 saturated heterocycles. The molecule has 0 radical (unpaired) electrons. The Bertz CT molecular complexity index is 1450. The Hall–Kier alpha value is -3.04. The molecule has 7 nitrogen and oxygen atoms in total. The number of halogens is 1. The number of unbranched alkanes of at least 4 members (excludes halogenated alkanes) is 6. The lowest BCUT2D eigenvalue weighted by Gasteiger charge is -2.26. The van der Waals surface area contributed by atoms with Crippen molar-refractivity contribution in [1.82, 2.24) is 9.55 Å². The molecule has 0 spiro atoms. The Kier molecular flexibility index (Phi) is 11.5. The molecular formula is C31H42FN3O4S. The fraction of sp³-hybridized carbons (Fsp3) is 0.484. The second-order valence-corrected chi connectivity index (χ2v) is 11.9. The van der Waals surface area contributed by atoms with Crippen LogP contribution < -0.4 is 10.5 Å². The van der Waals surface area contributed by atoms with Gasteiger partial charge in [0.15, 0.2) is 0 Å².